The fraction of sp³-hybridized carbons (Fsp3) is 0.281. The standard InChI is InChI=1S/C32H33N4O2/c1-32(2,3)26-11-10-25(19-29(26)35-14-16-38-17-15-35)36-21-24-6-4-8-28(30(24)31(36)37)34-20-22-9-12-27-23(18-22)7-5-13-33-27/h4-13,16,18-19,34H,14-15,17,20-21H2,1-3H3. The molecule has 6 rings (SSSR count). The zero-order valence-electron chi connectivity index (χ0n) is 22.2. The molecular weight excluding hydrogens is 472 g/mol. The molecule has 0 bridgehead atoms. The lowest BCUT2D eigenvalue weighted by molar-refractivity contribution is 0.0997. The molecule has 193 valence electrons. The van der Waals surface area contributed by atoms with E-state index in [4.69, 9.17) is 4.74 Å². The van der Waals surface area contributed by atoms with E-state index in [1.165, 1.54) is 11.3 Å². The third-order valence-corrected chi connectivity index (χ3v) is 7.42. The van der Waals surface area contributed by atoms with Crippen molar-refractivity contribution >= 4 is 33.9 Å². The normalized spacial score (nSPS) is 15.7. The second kappa shape index (κ2) is 9.76. The lowest BCUT2D eigenvalue weighted by Crippen LogP contribution is -2.36. The van der Waals surface area contributed by atoms with Crippen molar-refractivity contribution in [2.45, 2.75) is 39.3 Å². The Bertz CT molecular complexity index is 1500. The second-order valence-corrected chi connectivity index (χ2v) is 11.0. The Labute approximate surface area is 224 Å². The molecule has 1 aromatic heterocycles. The van der Waals surface area contributed by atoms with Crippen LogP contribution < -0.4 is 15.1 Å². The van der Waals surface area contributed by atoms with Gasteiger partial charge in [-0.2, -0.15) is 0 Å². The van der Waals surface area contributed by atoms with Gasteiger partial charge in [-0.3, -0.25) is 9.78 Å². The van der Waals surface area contributed by atoms with Crippen LogP contribution in [0.2, 0.25) is 0 Å². The molecule has 0 atom stereocenters. The van der Waals surface area contributed by atoms with E-state index in [2.05, 4.69) is 78.4 Å². The van der Waals surface area contributed by atoms with Gasteiger partial charge in [-0.25, -0.2) is 0 Å². The summed E-state index contributed by atoms with van der Waals surface area (Å²) in [5, 5.41) is 4.64. The maximum absolute atomic E-state index is 13.8. The van der Waals surface area contributed by atoms with Gasteiger partial charge < -0.3 is 19.9 Å². The first kappa shape index (κ1) is 24.4. The van der Waals surface area contributed by atoms with Crippen molar-refractivity contribution in [3.8, 4) is 0 Å². The van der Waals surface area contributed by atoms with Gasteiger partial charge in [0.2, 0.25) is 0 Å². The van der Waals surface area contributed by atoms with E-state index < -0.39 is 0 Å². The SMILES string of the molecule is CC(C)(C)c1ccc(N2Cc3cccc(NCc4ccc5ncccc5c4)c3C2=O)cc1N1C[CH]OCC1. The number of benzene rings is 3. The molecule has 1 amide bonds. The van der Waals surface area contributed by atoms with Crippen LogP contribution in [-0.4, -0.2) is 30.6 Å². The second-order valence-electron chi connectivity index (χ2n) is 11.0. The van der Waals surface area contributed by atoms with Gasteiger partial charge in [-0.05, 0) is 58.5 Å². The van der Waals surface area contributed by atoms with Crippen molar-refractivity contribution in [1.82, 2.24) is 4.98 Å². The number of fused-ring (bicyclic) bond motifs is 2. The summed E-state index contributed by atoms with van der Waals surface area (Å²) in [5.41, 5.74) is 8.16. The van der Waals surface area contributed by atoms with Crippen LogP contribution in [0.1, 0.15) is 47.8 Å². The zero-order valence-corrected chi connectivity index (χ0v) is 22.2. The topological polar surface area (TPSA) is 57.7 Å². The summed E-state index contributed by atoms with van der Waals surface area (Å²) >= 11 is 0. The molecule has 1 radical (unpaired) electrons. The van der Waals surface area contributed by atoms with Crippen LogP contribution >= 0.6 is 0 Å². The molecule has 1 N–H and O–H groups in total. The maximum atomic E-state index is 13.8. The molecule has 6 heteroatoms. The van der Waals surface area contributed by atoms with Crippen molar-refractivity contribution < 1.29 is 9.53 Å². The van der Waals surface area contributed by atoms with Gasteiger partial charge in [0, 0.05) is 48.3 Å². The highest BCUT2D eigenvalue weighted by molar-refractivity contribution is 6.13. The predicted molar refractivity (Wildman–Crippen MR) is 154 cm³/mol. The highest BCUT2D eigenvalue weighted by Crippen LogP contribution is 2.39. The van der Waals surface area contributed by atoms with Gasteiger partial charge in [0.15, 0.2) is 0 Å². The average Bonchev–Trinajstić information content (AvgIpc) is 3.28. The molecule has 3 heterocycles. The molecule has 38 heavy (non-hydrogen) atoms. The predicted octanol–water partition coefficient (Wildman–Crippen LogP) is 6.30. The van der Waals surface area contributed by atoms with E-state index in [0.717, 1.165) is 52.1 Å². The Kier molecular flexibility index (Phi) is 6.28. The number of aromatic nitrogens is 1. The van der Waals surface area contributed by atoms with E-state index in [9.17, 15) is 4.79 Å². The van der Waals surface area contributed by atoms with Crippen molar-refractivity contribution in [1.29, 1.82) is 0 Å². The summed E-state index contributed by atoms with van der Waals surface area (Å²) in [6, 6.07) is 22.8. The third kappa shape index (κ3) is 4.61. The maximum Gasteiger partial charge on any atom is 0.261 e. The van der Waals surface area contributed by atoms with E-state index >= 15 is 0 Å². The Hall–Kier alpha value is -3.90. The summed E-state index contributed by atoms with van der Waals surface area (Å²) in [5.74, 6) is 0.0359. The van der Waals surface area contributed by atoms with E-state index in [0.29, 0.717) is 19.7 Å². The van der Waals surface area contributed by atoms with Crippen LogP contribution in [0.25, 0.3) is 10.9 Å². The van der Waals surface area contributed by atoms with E-state index in [1.807, 2.05) is 42.0 Å². The molecule has 1 fully saturated rings. The molecular formula is C32H33N4O2. The molecule has 2 aliphatic rings. The Morgan fingerprint density at radius 3 is 2.74 bits per heavy atom. The number of amides is 1. The Morgan fingerprint density at radius 2 is 1.92 bits per heavy atom. The molecule has 0 spiro atoms. The highest BCUT2D eigenvalue weighted by atomic mass is 16.5. The number of hydrogen-bond donors (Lipinski definition) is 1. The van der Waals surface area contributed by atoms with E-state index in [1.54, 1.807) is 0 Å². The molecule has 4 aromatic rings. The van der Waals surface area contributed by atoms with Gasteiger partial charge in [0.05, 0.1) is 24.2 Å². The zero-order chi connectivity index (χ0) is 26.3. The van der Waals surface area contributed by atoms with Crippen molar-refractivity contribution in [3.63, 3.8) is 0 Å². The number of ether oxygens (including phenoxy) is 1. The summed E-state index contributed by atoms with van der Waals surface area (Å²) < 4.78 is 5.48. The minimum absolute atomic E-state index is 0.0138. The fourth-order valence-electron chi connectivity index (χ4n) is 5.43. The van der Waals surface area contributed by atoms with Crippen molar-refractivity contribution in [3.05, 3.63) is 102 Å². The number of nitrogens with one attached hydrogen (secondary N) is 1. The van der Waals surface area contributed by atoms with Gasteiger partial charge in [-0.15, -0.1) is 0 Å². The fourth-order valence-corrected chi connectivity index (χ4v) is 5.43. The van der Waals surface area contributed by atoms with Gasteiger partial charge in [-0.1, -0.05) is 51.1 Å². The third-order valence-electron chi connectivity index (χ3n) is 7.42. The minimum atomic E-state index is -0.0138. The van der Waals surface area contributed by atoms with Crippen molar-refractivity contribution in [2.75, 3.05) is 34.8 Å². The quantitative estimate of drug-likeness (QED) is 0.345. The Morgan fingerprint density at radius 1 is 1.03 bits per heavy atom. The van der Waals surface area contributed by atoms with Crippen LogP contribution in [-0.2, 0) is 23.2 Å². The first-order chi connectivity index (χ1) is 18.4. The summed E-state index contributed by atoms with van der Waals surface area (Å²) in [7, 11) is 0. The summed E-state index contributed by atoms with van der Waals surface area (Å²) in [6.07, 6.45) is 1.81. The summed E-state index contributed by atoms with van der Waals surface area (Å²) in [6.45, 7) is 12.0. The van der Waals surface area contributed by atoms with Gasteiger partial charge >= 0.3 is 0 Å². The Balaban J connectivity index is 1.27. The number of carbonyl (C=O) groups excluding carboxylic acids is 1. The van der Waals surface area contributed by atoms with E-state index in [-0.39, 0.29) is 11.3 Å². The molecule has 0 saturated carbocycles. The van der Waals surface area contributed by atoms with Crippen molar-refractivity contribution in [2.24, 2.45) is 0 Å². The van der Waals surface area contributed by atoms with Gasteiger partial charge in [0.25, 0.3) is 5.91 Å². The molecule has 0 unspecified atom stereocenters. The average molecular weight is 506 g/mol. The molecule has 3 aromatic carbocycles. The number of pyridine rings is 1. The number of morpholine rings is 1. The largest absolute Gasteiger partial charge is 0.380 e. The van der Waals surface area contributed by atoms with Crippen LogP contribution in [0.5, 0.6) is 0 Å². The van der Waals surface area contributed by atoms with Crippen LogP contribution in [0.15, 0.2) is 72.9 Å². The van der Waals surface area contributed by atoms with Crippen LogP contribution in [0, 0.1) is 6.61 Å². The molecule has 6 nitrogen and oxygen atoms in total. The van der Waals surface area contributed by atoms with Crippen LogP contribution in [0.4, 0.5) is 17.1 Å². The number of carbonyl (C=O) groups is 1. The first-order valence-electron chi connectivity index (χ1n) is 13.2. The smallest absolute Gasteiger partial charge is 0.261 e. The molecule has 2 aliphatic heterocycles. The number of rotatable bonds is 5. The lowest BCUT2D eigenvalue weighted by atomic mass is 9.85. The first-order valence-corrected chi connectivity index (χ1v) is 13.2. The number of anilines is 3. The number of nitrogens with zero attached hydrogens (tertiary/aromatic N) is 3. The monoisotopic (exact) mass is 505 g/mol. The van der Waals surface area contributed by atoms with Crippen LogP contribution in [0.3, 0.4) is 0 Å². The number of hydrogen-bond acceptors (Lipinski definition) is 5. The molecule has 1 saturated heterocycles. The summed E-state index contributed by atoms with van der Waals surface area (Å²) in [4.78, 5) is 22.5. The van der Waals surface area contributed by atoms with Gasteiger partial charge in [0.1, 0.15) is 6.61 Å². The minimum Gasteiger partial charge on any atom is -0.380 e. The molecule has 0 aliphatic carbocycles. The highest BCUT2D eigenvalue weighted by Gasteiger charge is 2.32. The lowest BCUT2D eigenvalue weighted by Gasteiger charge is -2.34.